The Morgan fingerprint density at radius 2 is 1.90 bits per heavy atom. The fourth-order valence-electron chi connectivity index (χ4n) is 1.03. The van der Waals surface area contributed by atoms with Crippen LogP contribution in [-0.2, 0) is 4.74 Å². The monoisotopic (exact) mass is 162 g/mol. The van der Waals surface area contributed by atoms with Gasteiger partial charge in [-0.3, -0.25) is 0 Å². The van der Waals surface area contributed by atoms with E-state index in [0.29, 0.717) is 0 Å². The van der Waals surface area contributed by atoms with E-state index >= 15 is 0 Å². The molecule has 0 aliphatic carbocycles. The maximum absolute atomic E-state index is 5.27. The smallest absolute Gasteiger partial charge is 0.0534 e. The highest BCUT2D eigenvalue weighted by Crippen LogP contribution is 2.27. The van der Waals surface area contributed by atoms with E-state index in [2.05, 4.69) is 13.6 Å². The molecule has 0 aromatic rings. The zero-order valence-corrected chi connectivity index (χ0v) is 8.48. The summed E-state index contributed by atoms with van der Waals surface area (Å²) < 4.78 is 5.27. The Labute approximate surface area is 66.3 Å². The lowest BCUT2D eigenvalue weighted by atomic mass is 10.2. The van der Waals surface area contributed by atoms with Crippen LogP contribution in [0.3, 0.4) is 0 Å². The molecule has 0 aromatic heterocycles. The van der Waals surface area contributed by atoms with Gasteiger partial charge in [0.2, 0.25) is 0 Å². The van der Waals surface area contributed by atoms with E-state index in [0.717, 1.165) is 33.4 Å². The molecule has 1 saturated heterocycles. The Bertz CT molecular complexity index is 75.7. The second-order valence-electron chi connectivity index (χ2n) is 2.41. The second-order valence-corrected chi connectivity index (χ2v) is 3.73. The summed E-state index contributed by atoms with van der Waals surface area (Å²) in [7, 11) is 1.07. The molecular formula is C8H19OP. The van der Waals surface area contributed by atoms with E-state index in [4.69, 9.17) is 4.74 Å². The van der Waals surface area contributed by atoms with Gasteiger partial charge < -0.3 is 4.74 Å². The topological polar surface area (TPSA) is 9.23 Å². The van der Waals surface area contributed by atoms with Crippen LogP contribution in [0.4, 0.5) is 0 Å². The summed E-state index contributed by atoms with van der Waals surface area (Å²) in [6.07, 6.45) is 0. The molecule has 0 amide bonds. The van der Waals surface area contributed by atoms with Crippen molar-refractivity contribution in [1.82, 2.24) is 0 Å². The van der Waals surface area contributed by atoms with Gasteiger partial charge in [0.25, 0.3) is 0 Å². The van der Waals surface area contributed by atoms with Gasteiger partial charge in [0.15, 0.2) is 0 Å². The van der Waals surface area contributed by atoms with Crippen LogP contribution in [0, 0.1) is 5.92 Å². The number of hydrogen-bond acceptors (Lipinski definition) is 1. The van der Waals surface area contributed by atoms with Crippen molar-refractivity contribution in [3.05, 3.63) is 0 Å². The van der Waals surface area contributed by atoms with Gasteiger partial charge in [-0.1, -0.05) is 20.8 Å². The van der Waals surface area contributed by atoms with Crippen LogP contribution in [0.25, 0.3) is 0 Å². The highest BCUT2D eigenvalue weighted by atomic mass is 31.1. The predicted molar refractivity (Wildman–Crippen MR) is 49.4 cm³/mol. The standard InChI is InChI=1S/C6H13OP.C2H6/c1-5-3-7-4-6(5)8-2;1-2/h5-6,8H,3-4H2,1-2H3;1-2H3. The van der Waals surface area contributed by atoms with Gasteiger partial charge in [0.05, 0.1) is 6.61 Å². The summed E-state index contributed by atoms with van der Waals surface area (Å²) in [6.45, 7) is 10.5. The van der Waals surface area contributed by atoms with Crippen molar-refractivity contribution in [3.63, 3.8) is 0 Å². The Balaban J connectivity index is 0.000000371. The average Bonchev–Trinajstić information content (AvgIpc) is 2.39. The van der Waals surface area contributed by atoms with Crippen molar-refractivity contribution in [2.45, 2.75) is 26.4 Å². The lowest BCUT2D eigenvalue weighted by Gasteiger charge is -2.07. The van der Waals surface area contributed by atoms with Gasteiger partial charge in [-0.05, 0) is 12.6 Å². The molecule has 1 rings (SSSR count). The molecular weight excluding hydrogens is 143 g/mol. The molecule has 62 valence electrons. The average molecular weight is 162 g/mol. The molecule has 1 fully saturated rings. The van der Waals surface area contributed by atoms with Crippen LogP contribution in [0.5, 0.6) is 0 Å². The molecule has 1 heterocycles. The summed E-state index contributed by atoms with van der Waals surface area (Å²) in [5, 5.41) is 0. The normalized spacial score (nSPS) is 32.4. The first-order chi connectivity index (χ1) is 4.84. The highest BCUT2D eigenvalue weighted by Gasteiger charge is 2.21. The van der Waals surface area contributed by atoms with Gasteiger partial charge in [-0.25, -0.2) is 0 Å². The minimum absolute atomic E-state index is 0.818. The molecule has 0 radical (unpaired) electrons. The van der Waals surface area contributed by atoms with Crippen molar-refractivity contribution in [1.29, 1.82) is 0 Å². The van der Waals surface area contributed by atoms with E-state index in [1.165, 1.54) is 0 Å². The Morgan fingerprint density at radius 1 is 1.30 bits per heavy atom. The molecule has 1 aliphatic rings. The van der Waals surface area contributed by atoms with Crippen molar-refractivity contribution >= 4 is 8.58 Å². The molecule has 1 nitrogen and oxygen atoms in total. The first-order valence-corrected chi connectivity index (χ1v) is 5.67. The fraction of sp³-hybridized carbons (Fsp3) is 1.00. The molecule has 0 aromatic carbocycles. The fourth-order valence-corrected chi connectivity index (χ4v) is 1.98. The molecule has 0 bridgehead atoms. The Hall–Kier alpha value is 0.390. The molecule has 10 heavy (non-hydrogen) atoms. The lowest BCUT2D eigenvalue weighted by Crippen LogP contribution is -2.07. The van der Waals surface area contributed by atoms with Gasteiger partial charge in [-0.15, -0.1) is 8.58 Å². The van der Waals surface area contributed by atoms with E-state index < -0.39 is 0 Å². The molecule has 3 unspecified atom stereocenters. The molecule has 0 spiro atoms. The van der Waals surface area contributed by atoms with Crippen LogP contribution in [0.1, 0.15) is 20.8 Å². The Morgan fingerprint density at radius 3 is 2.10 bits per heavy atom. The Kier molecular flexibility index (Phi) is 6.36. The van der Waals surface area contributed by atoms with Gasteiger partial charge >= 0.3 is 0 Å². The van der Waals surface area contributed by atoms with E-state index in [1.807, 2.05) is 13.8 Å². The zero-order chi connectivity index (χ0) is 7.98. The number of rotatable bonds is 1. The number of hydrogen-bond donors (Lipinski definition) is 0. The third kappa shape index (κ3) is 2.98. The van der Waals surface area contributed by atoms with Crippen molar-refractivity contribution < 1.29 is 4.74 Å². The van der Waals surface area contributed by atoms with Crippen LogP contribution >= 0.6 is 8.58 Å². The summed E-state index contributed by atoms with van der Waals surface area (Å²) in [5.41, 5.74) is 0.870. The van der Waals surface area contributed by atoms with Crippen molar-refractivity contribution in [2.75, 3.05) is 19.9 Å². The summed E-state index contributed by atoms with van der Waals surface area (Å²) in [4.78, 5) is 0. The minimum Gasteiger partial charge on any atom is -0.380 e. The van der Waals surface area contributed by atoms with Crippen LogP contribution in [0.2, 0.25) is 0 Å². The van der Waals surface area contributed by atoms with Crippen molar-refractivity contribution in [3.8, 4) is 0 Å². The summed E-state index contributed by atoms with van der Waals surface area (Å²) in [6, 6.07) is 0. The van der Waals surface area contributed by atoms with Gasteiger partial charge in [0, 0.05) is 12.3 Å². The third-order valence-electron chi connectivity index (χ3n) is 1.74. The first kappa shape index (κ1) is 10.4. The zero-order valence-electron chi connectivity index (χ0n) is 7.48. The molecule has 1 aliphatic heterocycles. The first-order valence-electron chi connectivity index (χ1n) is 4.09. The van der Waals surface area contributed by atoms with Gasteiger partial charge in [-0.2, -0.15) is 0 Å². The maximum atomic E-state index is 5.27. The van der Waals surface area contributed by atoms with E-state index in [1.54, 1.807) is 0 Å². The minimum atomic E-state index is 0.818. The number of ether oxygens (including phenoxy) is 1. The third-order valence-corrected chi connectivity index (χ3v) is 3.21. The highest BCUT2D eigenvalue weighted by molar-refractivity contribution is 7.38. The van der Waals surface area contributed by atoms with Crippen LogP contribution < -0.4 is 0 Å². The largest absolute Gasteiger partial charge is 0.380 e. The summed E-state index contributed by atoms with van der Waals surface area (Å²) in [5.74, 6) is 0.818. The molecule has 2 heteroatoms. The van der Waals surface area contributed by atoms with Crippen molar-refractivity contribution in [2.24, 2.45) is 5.92 Å². The predicted octanol–water partition coefficient (Wildman–Crippen LogP) is 2.36. The summed E-state index contributed by atoms with van der Waals surface area (Å²) >= 11 is 0. The SMILES string of the molecule is CC.CPC1COCC1C. The van der Waals surface area contributed by atoms with E-state index in [-0.39, 0.29) is 0 Å². The molecule has 0 saturated carbocycles. The van der Waals surface area contributed by atoms with Crippen LogP contribution in [-0.4, -0.2) is 25.5 Å². The molecule has 3 atom stereocenters. The molecule has 0 N–H and O–H groups in total. The van der Waals surface area contributed by atoms with Gasteiger partial charge in [0.1, 0.15) is 0 Å². The van der Waals surface area contributed by atoms with Crippen LogP contribution in [0.15, 0.2) is 0 Å². The van der Waals surface area contributed by atoms with E-state index in [9.17, 15) is 0 Å². The lowest BCUT2D eigenvalue weighted by molar-refractivity contribution is 0.189. The second kappa shape index (κ2) is 6.12. The quantitative estimate of drug-likeness (QED) is 0.538. The maximum Gasteiger partial charge on any atom is 0.0534 e.